The van der Waals surface area contributed by atoms with Crippen molar-refractivity contribution in [3.05, 3.63) is 48.3 Å². The van der Waals surface area contributed by atoms with E-state index in [1.165, 1.54) is 36.3 Å². The summed E-state index contributed by atoms with van der Waals surface area (Å²) < 4.78 is 33.1. The summed E-state index contributed by atoms with van der Waals surface area (Å²) >= 11 is 0. The maximum absolute atomic E-state index is 13.5. The van der Waals surface area contributed by atoms with Gasteiger partial charge in [-0.05, 0) is 55.7 Å². The molecule has 0 spiro atoms. The van der Waals surface area contributed by atoms with E-state index in [0.717, 1.165) is 4.31 Å². The molecule has 2 rings (SSSR count). The van der Waals surface area contributed by atoms with Crippen LogP contribution in [0.4, 0.5) is 5.69 Å². The number of nitrogens with zero attached hydrogens (tertiary/aromatic N) is 3. The zero-order valence-corrected chi connectivity index (χ0v) is 20.9. The van der Waals surface area contributed by atoms with Crippen LogP contribution in [0.25, 0.3) is 0 Å². The van der Waals surface area contributed by atoms with Crippen LogP contribution in [0.2, 0.25) is 0 Å². The van der Waals surface area contributed by atoms with E-state index in [2.05, 4.69) is 4.98 Å². The van der Waals surface area contributed by atoms with Gasteiger partial charge in [-0.1, -0.05) is 13.8 Å². The molecule has 2 amide bonds. The van der Waals surface area contributed by atoms with Gasteiger partial charge < -0.3 is 9.64 Å². The number of rotatable bonds is 11. The summed E-state index contributed by atoms with van der Waals surface area (Å²) in [7, 11) is -1.03. The molecule has 10 nitrogen and oxygen atoms in total. The molecule has 186 valence electrons. The number of nitrogens with one attached hydrogen (secondary N) is 1. The van der Waals surface area contributed by atoms with Gasteiger partial charge in [0, 0.05) is 26.2 Å². The van der Waals surface area contributed by atoms with E-state index < -0.39 is 27.9 Å². The van der Waals surface area contributed by atoms with E-state index in [4.69, 9.17) is 4.74 Å². The highest BCUT2D eigenvalue weighted by atomic mass is 32.2. The van der Waals surface area contributed by atoms with E-state index >= 15 is 0 Å². The largest absolute Gasteiger partial charge is 0.497 e. The van der Waals surface area contributed by atoms with Gasteiger partial charge in [0.1, 0.15) is 11.8 Å². The molecule has 0 radical (unpaired) electrons. The van der Waals surface area contributed by atoms with Gasteiger partial charge in [0.15, 0.2) is 0 Å². The standard InChI is InChI=1S/C23H32N4O6S/c1-16(2)22(23(29)25-30)27(34(31,32)19-12-10-18(33-5)11-13-19)15-7-9-21(28)26(4)20-8-6-14-24-17(20)3/h6,8,10-14,16,22,30H,7,9,15H2,1-5H3,(H,25,29). The summed E-state index contributed by atoms with van der Waals surface area (Å²) in [4.78, 5) is 30.8. The van der Waals surface area contributed by atoms with Crippen molar-refractivity contribution in [3.8, 4) is 5.75 Å². The molecule has 0 fully saturated rings. The zero-order valence-electron chi connectivity index (χ0n) is 20.1. The van der Waals surface area contributed by atoms with E-state index in [0.29, 0.717) is 17.1 Å². The molecule has 1 aromatic carbocycles. The van der Waals surface area contributed by atoms with E-state index in [1.54, 1.807) is 51.6 Å². The number of hydrogen-bond donors (Lipinski definition) is 2. The molecule has 1 heterocycles. The minimum atomic E-state index is -4.13. The molecular weight excluding hydrogens is 460 g/mol. The molecule has 11 heteroatoms. The number of hydroxylamine groups is 1. The van der Waals surface area contributed by atoms with E-state index in [9.17, 15) is 23.2 Å². The quantitative estimate of drug-likeness (QED) is 0.364. The number of carbonyl (C=O) groups excluding carboxylic acids is 2. The van der Waals surface area contributed by atoms with Crippen molar-refractivity contribution >= 4 is 27.5 Å². The Morgan fingerprint density at radius 1 is 1.18 bits per heavy atom. The van der Waals surface area contributed by atoms with Crippen LogP contribution in [-0.4, -0.2) is 61.5 Å². The Morgan fingerprint density at radius 3 is 2.35 bits per heavy atom. The normalized spacial score (nSPS) is 12.5. The zero-order chi connectivity index (χ0) is 25.5. The van der Waals surface area contributed by atoms with Crippen LogP contribution < -0.4 is 15.1 Å². The summed E-state index contributed by atoms with van der Waals surface area (Å²) in [6, 6.07) is 8.13. The van der Waals surface area contributed by atoms with Gasteiger partial charge in [0.2, 0.25) is 15.9 Å². The molecule has 0 bridgehead atoms. The number of hydrogen-bond acceptors (Lipinski definition) is 7. The first-order chi connectivity index (χ1) is 16.0. The van der Waals surface area contributed by atoms with Crippen LogP contribution >= 0.6 is 0 Å². The molecule has 0 aliphatic rings. The average molecular weight is 493 g/mol. The number of sulfonamides is 1. The molecule has 1 atom stereocenters. The number of carbonyl (C=O) groups is 2. The van der Waals surface area contributed by atoms with Crippen molar-refractivity contribution < 1.29 is 28.0 Å². The lowest BCUT2D eigenvalue weighted by Gasteiger charge is -2.32. The molecular formula is C23H32N4O6S. The monoisotopic (exact) mass is 492 g/mol. The van der Waals surface area contributed by atoms with Crippen LogP contribution in [0.5, 0.6) is 5.75 Å². The highest BCUT2D eigenvalue weighted by Crippen LogP contribution is 2.25. The van der Waals surface area contributed by atoms with Crippen molar-refractivity contribution in [3.63, 3.8) is 0 Å². The van der Waals surface area contributed by atoms with Gasteiger partial charge >= 0.3 is 0 Å². The molecule has 0 saturated carbocycles. The maximum Gasteiger partial charge on any atom is 0.262 e. The lowest BCUT2D eigenvalue weighted by molar-refractivity contribution is -0.134. The third-order valence-corrected chi connectivity index (χ3v) is 7.37. The lowest BCUT2D eigenvalue weighted by atomic mass is 10.0. The number of methoxy groups -OCH3 is 1. The van der Waals surface area contributed by atoms with Crippen molar-refractivity contribution in [2.24, 2.45) is 5.92 Å². The van der Waals surface area contributed by atoms with Crippen molar-refractivity contribution in [1.29, 1.82) is 0 Å². The average Bonchev–Trinajstić information content (AvgIpc) is 2.82. The van der Waals surface area contributed by atoms with Gasteiger partial charge in [-0.15, -0.1) is 0 Å². The molecule has 0 aliphatic carbocycles. The molecule has 2 aromatic rings. The predicted octanol–water partition coefficient (Wildman–Crippen LogP) is 2.36. The number of anilines is 1. The van der Waals surface area contributed by atoms with Crippen LogP contribution in [0, 0.1) is 12.8 Å². The molecule has 34 heavy (non-hydrogen) atoms. The number of amides is 2. The summed E-state index contributed by atoms with van der Waals surface area (Å²) in [5.74, 6) is -1.03. The second kappa shape index (κ2) is 11.9. The molecule has 2 N–H and O–H groups in total. The topological polar surface area (TPSA) is 129 Å². The Kier molecular flexibility index (Phi) is 9.54. The number of aryl methyl sites for hydroxylation is 1. The second-order valence-electron chi connectivity index (χ2n) is 8.12. The number of benzene rings is 1. The minimum Gasteiger partial charge on any atom is -0.497 e. The predicted molar refractivity (Wildman–Crippen MR) is 127 cm³/mol. The number of ether oxygens (including phenoxy) is 1. The van der Waals surface area contributed by atoms with Crippen LogP contribution in [-0.2, 0) is 19.6 Å². The minimum absolute atomic E-state index is 0.0286. The lowest BCUT2D eigenvalue weighted by Crippen LogP contribution is -2.52. The van der Waals surface area contributed by atoms with Gasteiger partial charge in [0.05, 0.1) is 23.4 Å². The summed E-state index contributed by atoms with van der Waals surface area (Å²) in [5, 5.41) is 9.24. The molecule has 0 saturated heterocycles. The smallest absolute Gasteiger partial charge is 0.262 e. The first-order valence-electron chi connectivity index (χ1n) is 10.8. The molecule has 1 aromatic heterocycles. The Hall–Kier alpha value is -3.02. The van der Waals surface area contributed by atoms with Crippen LogP contribution in [0.15, 0.2) is 47.5 Å². The SMILES string of the molecule is COc1ccc(S(=O)(=O)N(CCCC(=O)N(C)c2cccnc2C)C(C(=O)NO)C(C)C)cc1. The van der Waals surface area contributed by atoms with Gasteiger partial charge in [-0.25, -0.2) is 13.9 Å². The fourth-order valence-electron chi connectivity index (χ4n) is 3.64. The highest BCUT2D eigenvalue weighted by molar-refractivity contribution is 7.89. The Labute approximate surface area is 200 Å². The Balaban J connectivity index is 2.28. The van der Waals surface area contributed by atoms with Crippen molar-refractivity contribution in [2.45, 2.75) is 44.6 Å². The summed E-state index contributed by atoms with van der Waals surface area (Å²) in [6.07, 6.45) is 1.85. The number of aromatic nitrogens is 1. The molecule has 0 aliphatic heterocycles. The fourth-order valence-corrected chi connectivity index (χ4v) is 5.40. The number of pyridine rings is 1. The maximum atomic E-state index is 13.5. The van der Waals surface area contributed by atoms with Crippen LogP contribution in [0.3, 0.4) is 0 Å². The van der Waals surface area contributed by atoms with Crippen molar-refractivity contribution in [2.75, 3.05) is 25.6 Å². The third kappa shape index (κ3) is 6.31. The van der Waals surface area contributed by atoms with E-state index in [1.807, 2.05) is 0 Å². The third-order valence-electron chi connectivity index (χ3n) is 5.47. The summed E-state index contributed by atoms with van der Waals surface area (Å²) in [5.41, 5.74) is 2.92. The first kappa shape index (κ1) is 27.2. The second-order valence-corrected chi connectivity index (χ2v) is 10.0. The van der Waals surface area contributed by atoms with Gasteiger partial charge in [0.25, 0.3) is 5.91 Å². The first-order valence-corrected chi connectivity index (χ1v) is 12.3. The highest BCUT2D eigenvalue weighted by Gasteiger charge is 2.37. The fraction of sp³-hybridized carbons (Fsp3) is 0.435. The van der Waals surface area contributed by atoms with Crippen LogP contribution in [0.1, 0.15) is 32.4 Å². The molecule has 1 unspecified atom stereocenters. The Morgan fingerprint density at radius 2 is 1.82 bits per heavy atom. The van der Waals surface area contributed by atoms with E-state index in [-0.39, 0.29) is 30.2 Å². The van der Waals surface area contributed by atoms with Gasteiger partial charge in [-0.2, -0.15) is 4.31 Å². The Bertz CT molecular complexity index is 1090. The van der Waals surface area contributed by atoms with Gasteiger partial charge in [-0.3, -0.25) is 19.8 Å². The van der Waals surface area contributed by atoms with Crippen molar-refractivity contribution in [1.82, 2.24) is 14.8 Å². The summed E-state index contributed by atoms with van der Waals surface area (Å²) in [6.45, 7) is 5.06.